The third-order valence-corrected chi connectivity index (χ3v) is 4.22. The molecule has 0 aliphatic heterocycles. The van der Waals surface area contributed by atoms with Gasteiger partial charge in [-0.25, -0.2) is 9.78 Å². The molecule has 108 valence electrons. The zero-order valence-electron chi connectivity index (χ0n) is 11.2. The lowest BCUT2D eigenvalue weighted by molar-refractivity contribution is 0.598. The predicted molar refractivity (Wildman–Crippen MR) is 80.7 cm³/mol. The summed E-state index contributed by atoms with van der Waals surface area (Å²) < 4.78 is 1.55. The number of hydrogen-bond donors (Lipinski definition) is 1. The predicted octanol–water partition coefficient (Wildman–Crippen LogP) is 1.93. The van der Waals surface area contributed by atoms with Crippen LogP contribution in [-0.2, 0) is 25.3 Å². The van der Waals surface area contributed by atoms with E-state index in [0.717, 1.165) is 23.5 Å². The van der Waals surface area contributed by atoms with Crippen molar-refractivity contribution in [1.82, 2.24) is 14.5 Å². The molecule has 0 aromatic carbocycles. The second-order valence-electron chi connectivity index (χ2n) is 4.43. The molecule has 2 rings (SSSR count). The quantitative estimate of drug-likeness (QED) is 0.829. The molecule has 20 heavy (non-hydrogen) atoms. The lowest BCUT2D eigenvalue weighted by atomic mass is 10.2. The largest absolute Gasteiger partial charge is 0.328 e. The molecular weight excluding hydrogens is 298 g/mol. The van der Waals surface area contributed by atoms with E-state index in [-0.39, 0.29) is 11.2 Å². The number of hydrogen-bond acceptors (Lipinski definition) is 4. The summed E-state index contributed by atoms with van der Waals surface area (Å²) in [6, 6.07) is 0. The standard InChI is InChI=1S/C13H16ClN3O2S/c1-2-9-7-17(13(19)16-12(9)18)5-3-4-11-15-10(6-14)8-20-11/h7-8H,2-6H2,1H3,(H,16,18,19). The molecule has 0 aliphatic rings. The first-order chi connectivity index (χ1) is 9.63. The number of rotatable bonds is 6. The van der Waals surface area contributed by atoms with Gasteiger partial charge in [0.15, 0.2) is 0 Å². The van der Waals surface area contributed by atoms with E-state index in [1.807, 2.05) is 12.3 Å². The molecule has 7 heteroatoms. The highest BCUT2D eigenvalue weighted by molar-refractivity contribution is 7.09. The summed E-state index contributed by atoms with van der Waals surface area (Å²) in [5.74, 6) is 0.426. The van der Waals surface area contributed by atoms with E-state index in [9.17, 15) is 9.59 Å². The van der Waals surface area contributed by atoms with Crippen molar-refractivity contribution in [1.29, 1.82) is 0 Å². The summed E-state index contributed by atoms with van der Waals surface area (Å²) in [5, 5.41) is 2.97. The number of aromatic amines is 1. The highest BCUT2D eigenvalue weighted by Crippen LogP contribution is 2.13. The van der Waals surface area contributed by atoms with Crippen LogP contribution in [0.1, 0.15) is 29.6 Å². The molecule has 0 amide bonds. The van der Waals surface area contributed by atoms with Crippen molar-refractivity contribution < 1.29 is 0 Å². The third kappa shape index (κ3) is 3.58. The molecule has 0 saturated heterocycles. The molecule has 2 aromatic rings. The van der Waals surface area contributed by atoms with Gasteiger partial charge in [-0.05, 0) is 12.8 Å². The summed E-state index contributed by atoms with van der Waals surface area (Å²) in [5.41, 5.74) is 0.873. The molecule has 0 spiro atoms. The molecule has 0 bridgehead atoms. The van der Waals surface area contributed by atoms with Gasteiger partial charge >= 0.3 is 5.69 Å². The maximum absolute atomic E-state index is 11.7. The number of H-pyrrole nitrogens is 1. The molecular formula is C13H16ClN3O2S. The summed E-state index contributed by atoms with van der Waals surface area (Å²) >= 11 is 7.29. The fraction of sp³-hybridized carbons (Fsp3) is 0.462. The second-order valence-corrected chi connectivity index (χ2v) is 5.64. The smallest absolute Gasteiger partial charge is 0.300 e. The Hall–Kier alpha value is -1.40. The van der Waals surface area contributed by atoms with Crippen LogP contribution in [0.4, 0.5) is 0 Å². The maximum atomic E-state index is 11.7. The van der Waals surface area contributed by atoms with Crippen molar-refractivity contribution in [3.05, 3.63) is 48.7 Å². The van der Waals surface area contributed by atoms with E-state index in [1.165, 1.54) is 0 Å². The lowest BCUT2D eigenvalue weighted by Gasteiger charge is -2.05. The minimum absolute atomic E-state index is 0.291. The van der Waals surface area contributed by atoms with Gasteiger partial charge in [0, 0.05) is 30.1 Å². The molecule has 1 N–H and O–H groups in total. The Labute approximate surface area is 125 Å². The Morgan fingerprint density at radius 2 is 2.25 bits per heavy atom. The topological polar surface area (TPSA) is 67.8 Å². The van der Waals surface area contributed by atoms with Crippen molar-refractivity contribution in [3.8, 4) is 0 Å². The van der Waals surface area contributed by atoms with Gasteiger partial charge in [0.05, 0.1) is 16.6 Å². The van der Waals surface area contributed by atoms with Crippen LogP contribution in [0.5, 0.6) is 0 Å². The van der Waals surface area contributed by atoms with Crippen LogP contribution < -0.4 is 11.2 Å². The molecule has 0 unspecified atom stereocenters. The van der Waals surface area contributed by atoms with Gasteiger partial charge in [-0.3, -0.25) is 9.78 Å². The van der Waals surface area contributed by atoms with Crippen LogP contribution in [0.25, 0.3) is 0 Å². The average molecular weight is 314 g/mol. The number of halogens is 1. The molecule has 0 atom stereocenters. The van der Waals surface area contributed by atoms with Crippen LogP contribution in [0.3, 0.4) is 0 Å². The van der Waals surface area contributed by atoms with Crippen molar-refractivity contribution in [2.24, 2.45) is 0 Å². The van der Waals surface area contributed by atoms with Crippen LogP contribution in [-0.4, -0.2) is 14.5 Å². The van der Waals surface area contributed by atoms with Crippen LogP contribution in [0, 0.1) is 0 Å². The number of aryl methyl sites for hydroxylation is 3. The van der Waals surface area contributed by atoms with E-state index < -0.39 is 0 Å². The Morgan fingerprint density at radius 3 is 2.90 bits per heavy atom. The first-order valence-corrected chi connectivity index (χ1v) is 7.87. The van der Waals surface area contributed by atoms with Crippen LogP contribution in [0.15, 0.2) is 21.2 Å². The normalized spacial score (nSPS) is 10.9. The zero-order chi connectivity index (χ0) is 14.5. The fourth-order valence-electron chi connectivity index (χ4n) is 1.90. The number of aromatic nitrogens is 3. The minimum Gasteiger partial charge on any atom is -0.300 e. The Balaban J connectivity index is 2.00. The van der Waals surface area contributed by atoms with E-state index >= 15 is 0 Å². The van der Waals surface area contributed by atoms with Gasteiger partial charge in [0.1, 0.15) is 0 Å². The average Bonchev–Trinajstić information content (AvgIpc) is 2.89. The highest BCUT2D eigenvalue weighted by atomic mass is 35.5. The molecule has 0 fully saturated rings. The van der Waals surface area contributed by atoms with Crippen molar-refractivity contribution in [2.45, 2.75) is 38.6 Å². The number of nitrogens with one attached hydrogen (secondary N) is 1. The minimum atomic E-state index is -0.354. The van der Waals surface area contributed by atoms with Crippen LogP contribution in [0.2, 0.25) is 0 Å². The van der Waals surface area contributed by atoms with E-state index in [4.69, 9.17) is 11.6 Å². The van der Waals surface area contributed by atoms with Gasteiger partial charge in [0.2, 0.25) is 0 Å². The number of alkyl halides is 1. The second kappa shape index (κ2) is 6.85. The summed E-state index contributed by atoms with van der Waals surface area (Å²) in [6.07, 6.45) is 3.85. The monoisotopic (exact) mass is 313 g/mol. The summed E-state index contributed by atoms with van der Waals surface area (Å²) in [6.45, 7) is 2.46. The van der Waals surface area contributed by atoms with E-state index in [1.54, 1.807) is 22.1 Å². The van der Waals surface area contributed by atoms with E-state index in [2.05, 4.69) is 9.97 Å². The molecule has 0 aliphatic carbocycles. The number of thiazole rings is 1. The zero-order valence-corrected chi connectivity index (χ0v) is 12.8. The lowest BCUT2D eigenvalue weighted by Crippen LogP contribution is -2.31. The number of nitrogens with zero attached hydrogens (tertiary/aromatic N) is 2. The van der Waals surface area contributed by atoms with Crippen molar-refractivity contribution in [3.63, 3.8) is 0 Å². The summed E-state index contributed by atoms with van der Waals surface area (Å²) in [7, 11) is 0. The van der Waals surface area contributed by atoms with Gasteiger partial charge in [-0.15, -0.1) is 22.9 Å². The summed E-state index contributed by atoms with van der Waals surface area (Å²) in [4.78, 5) is 29.9. The van der Waals surface area contributed by atoms with Gasteiger partial charge in [-0.1, -0.05) is 6.92 Å². The first-order valence-electron chi connectivity index (χ1n) is 6.46. The van der Waals surface area contributed by atoms with Crippen LogP contribution >= 0.6 is 22.9 Å². The Morgan fingerprint density at radius 1 is 1.45 bits per heavy atom. The molecule has 2 aromatic heterocycles. The van der Waals surface area contributed by atoms with Crippen molar-refractivity contribution >= 4 is 22.9 Å². The van der Waals surface area contributed by atoms with Gasteiger partial charge < -0.3 is 4.57 Å². The maximum Gasteiger partial charge on any atom is 0.328 e. The molecule has 5 nitrogen and oxygen atoms in total. The highest BCUT2D eigenvalue weighted by Gasteiger charge is 2.04. The Bertz CT molecular complexity index is 689. The fourth-order valence-corrected chi connectivity index (χ4v) is 2.97. The molecule has 0 saturated carbocycles. The molecule has 2 heterocycles. The van der Waals surface area contributed by atoms with E-state index in [0.29, 0.717) is 24.4 Å². The molecule has 0 radical (unpaired) electrons. The third-order valence-electron chi connectivity index (χ3n) is 2.99. The first kappa shape index (κ1) is 15.0. The van der Waals surface area contributed by atoms with Gasteiger partial charge in [0.25, 0.3) is 5.56 Å². The van der Waals surface area contributed by atoms with Crippen molar-refractivity contribution in [2.75, 3.05) is 0 Å². The SMILES string of the molecule is CCc1cn(CCCc2nc(CCl)cs2)c(=O)[nH]c1=O. The van der Waals surface area contributed by atoms with Gasteiger partial charge in [-0.2, -0.15) is 0 Å². The Kier molecular flexibility index (Phi) is 5.14.